The molecule has 0 saturated heterocycles. The largest absolute Gasteiger partial charge is 0.369 e. The molecule has 0 bridgehead atoms. The highest BCUT2D eigenvalue weighted by molar-refractivity contribution is 6.32. The summed E-state index contributed by atoms with van der Waals surface area (Å²) in [5, 5.41) is 3.73. The van der Waals surface area contributed by atoms with E-state index in [0.29, 0.717) is 23.1 Å². The van der Waals surface area contributed by atoms with Gasteiger partial charge in [-0.15, -0.1) is 0 Å². The van der Waals surface area contributed by atoms with Crippen LogP contribution in [0.4, 0.5) is 5.95 Å². The number of carbonyl (C=O) groups is 1. The predicted molar refractivity (Wildman–Crippen MR) is 117 cm³/mol. The van der Waals surface area contributed by atoms with Gasteiger partial charge in [-0.2, -0.15) is 0 Å². The molecular weight excluding hydrogens is 402 g/mol. The standard InChI is InChI=1S/C22H22ClN5O2/c23-18-13-25-22(26-16-7-3-6-15(11-16)21(24)30)27-20(18)14-5-4-8-17(12-14)28-10-2-1-9-19(28)29/h1-2,4-5,8-10,12-13,15-16H,3,6-7,11H2,(H2,24,30)(H,25,26,27)/t15-,16+/m0/s1. The van der Waals surface area contributed by atoms with Crippen LogP contribution in [0.5, 0.6) is 0 Å². The lowest BCUT2D eigenvalue weighted by Crippen LogP contribution is -2.34. The first kappa shape index (κ1) is 20.1. The Morgan fingerprint density at radius 2 is 2.07 bits per heavy atom. The van der Waals surface area contributed by atoms with E-state index in [0.717, 1.165) is 30.5 Å². The fourth-order valence-corrected chi connectivity index (χ4v) is 4.04. The smallest absolute Gasteiger partial charge is 0.255 e. The van der Waals surface area contributed by atoms with Crippen LogP contribution in [0.3, 0.4) is 0 Å². The lowest BCUT2D eigenvalue weighted by atomic mass is 9.85. The molecule has 154 valence electrons. The first-order valence-electron chi connectivity index (χ1n) is 9.88. The number of amides is 1. The van der Waals surface area contributed by atoms with Gasteiger partial charge < -0.3 is 11.1 Å². The molecule has 2 aromatic heterocycles. The number of aromatic nitrogens is 3. The van der Waals surface area contributed by atoms with E-state index in [1.54, 1.807) is 29.1 Å². The lowest BCUT2D eigenvalue weighted by Gasteiger charge is -2.28. The van der Waals surface area contributed by atoms with Crippen molar-refractivity contribution in [3.05, 3.63) is 70.2 Å². The summed E-state index contributed by atoms with van der Waals surface area (Å²) in [6.07, 6.45) is 6.63. The fourth-order valence-electron chi connectivity index (χ4n) is 3.84. The zero-order valence-electron chi connectivity index (χ0n) is 16.3. The van der Waals surface area contributed by atoms with Gasteiger partial charge in [-0.05, 0) is 37.5 Å². The number of halogens is 1. The van der Waals surface area contributed by atoms with Crippen LogP contribution in [-0.2, 0) is 4.79 Å². The number of benzene rings is 1. The number of rotatable bonds is 5. The van der Waals surface area contributed by atoms with Crippen molar-refractivity contribution in [1.82, 2.24) is 14.5 Å². The van der Waals surface area contributed by atoms with Crippen molar-refractivity contribution in [2.45, 2.75) is 31.7 Å². The Morgan fingerprint density at radius 1 is 1.20 bits per heavy atom. The molecule has 3 aromatic rings. The number of pyridine rings is 1. The summed E-state index contributed by atoms with van der Waals surface area (Å²) < 4.78 is 1.56. The zero-order chi connectivity index (χ0) is 21.1. The number of hydrogen-bond acceptors (Lipinski definition) is 5. The average Bonchev–Trinajstić information content (AvgIpc) is 2.76. The summed E-state index contributed by atoms with van der Waals surface area (Å²) in [6, 6.07) is 12.6. The number of primary amides is 1. The molecule has 1 aliphatic carbocycles. The SMILES string of the molecule is NC(=O)[C@H]1CCC[C@@H](Nc2ncc(Cl)c(-c3cccc(-n4ccccc4=O)c3)n2)C1. The highest BCUT2D eigenvalue weighted by Crippen LogP contribution is 2.29. The van der Waals surface area contributed by atoms with E-state index in [9.17, 15) is 9.59 Å². The highest BCUT2D eigenvalue weighted by atomic mass is 35.5. The van der Waals surface area contributed by atoms with Crippen LogP contribution in [0.25, 0.3) is 16.9 Å². The van der Waals surface area contributed by atoms with E-state index >= 15 is 0 Å². The first-order chi connectivity index (χ1) is 14.5. The second-order valence-corrected chi connectivity index (χ2v) is 7.86. The number of nitrogens with two attached hydrogens (primary N) is 1. The van der Waals surface area contributed by atoms with Crippen molar-refractivity contribution in [3.8, 4) is 16.9 Å². The molecule has 8 heteroatoms. The van der Waals surface area contributed by atoms with Crippen LogP contribution in [0.15, 0.2) is 59.7 Å². The van der Waals surface area contributed by atoms with E-state index in [-0.39, 0.29) is 23.4 Å². The molecule has 2 heterocycles. The predicted octanol–water partition coefficient (Wildman–Crippen LogP) is 3.40. The third-order valence-corrected chi connectivity index (χ3v) is 5.65. The molecule has 3 N–H and O–H groups in total. The molecule has 0 unspecified atom stereocenters. The molecule has 1 aliphatic rings. The first-order valence-corrected chi connectivity index (χ1v) is 10.3. The van der Waals surface area contributed by atoms with Crippen molar-refractivity contribution in [2.24, 2.45) is 11.7 Å². The summed E-state index contributed by atoms with van der Waals surface area (Å²) in [6.45, 7) is 0. The maximum Gasteiger partial charge on any atom is 0.255 e. The Kier molecular flexibility index (Phi) is 5.81. The second kappa shape index (κ2) is 8.67. The van der Waals surface area contributed by atoms with Crippen LogP contribution in [0, 0.1) is 5.92 Å². The van der Waals surface area contributed by atoms with E-state index in [1.807, 2.05) is 24.3 Å². The van der Waals surface area contributed by atoms with E-state index < -0.39 is 0 Å². The van der Waals surface area contributed by atoms with Crippen LogP contribution >= 0.6 is 11.6 Å². The Bertz CT molecular complexity index is 1130. The number of hydrogen-bond donors (Lipinski definition) is 2. The molecule has 4 rings (SSSR count). The summed E-state index contributed by atoms with van der Waals surface area (Å²) in [5.41, 5.74) is 7.43. The Morgan fingerprint density at radius 3 is 2.87 bits per heavy atom. The molecule has 1 amide bonds. The highest BCUT2D eigenvalue weighted by Gasteiger charge is 2.26. The van der Waals surface area contributed by atoms with Gasteiger partial charge in [0, 0.05) is 35.5 Å². The van der Waals surface area contributed by atoms with Gasteiger partial charge in [0.15, 0.2) is 0 Å². The quantitative estimate of drug-likeness (QED) is 0.654. The summed E-state index contributed by atoms with van der Waals surface area (Å²) in [7, 11) is 0. The normalized spacial score (nSPS) is 18.7. The fraction of sp³-hybridized carbons (Fsp3) is 0.273. The van der Waals surface area contributed by atoms with Crippen LogP contribution in [0.1, 0.15) is 25.7 Å². The average molecular weight is 424 g/mol. The molecule has 0 aliphatic heterocycles. The third kappa shape index (κ3) is 4.36. The van der Waals surface area contributed by atoms with Crippen molar-refractivity contribution in [3.63, 3.8) is 0 Å². The van der Waals surface area contributed by atoms with Gasteiger partial charge in [0.1, 0.15) is 0 Å². The van der Waals surface area contributed by atoms with Gasteiger partial charge >= 0.3 is 0 Å². The summed E-state index contributed by atoms with van der Waals surface area (Å²) in [5.74, 6) is 0.0721. The topological polar surface area (TPSA) is 103 Å². The molecule has 1 aromatic carbocycles. The molecule has 0 radical (unpaired) electrons. The number of nitrogens with zero attached hydrogens (tertiary/aromatic N) is 3. The zero-order valence-corrected chi connectivity index (χ0v) is 17.0. The third-order valence-electron chi connectivity index (χ3n) is 5.37. The van der Waals surface area contributed by atoms with E-state index in [2.05, 4.69) is 15.3 Å². The summed E-state index contributed by atoms with van der Waals surface area (Å²) in [4.78, 5) is 32.6. The molecule has 1 saturated carbocycles. The minimum absolute atomic E-state index is 0.0829. The van der Waals surface area contributed by atoms with Gasteiger partial charge in [-0.1, -0.05) is 36.2 Å². The summed E-state index contributed by atoms with van der Waals surface area (Å²) >= 11 is 6.39. The van der Waals surface area contributed by atoms with Crippen molar-refractivity contribution < 1.29 is 4.79 Å². The van der Waals surface area contributed by atoms with Crippen LogP contribution < -0.4 is 16.6 Å². The van der Waals surface area contributed by atoms with Gasteiger partial charge in [0.05, 0.1) is 16.9 Å². The Hall–Kier alpha value is -3.19. The molecular formula is C22H22ClN5O2. The second-order valence-electron chi connectivity index (χ2n) is 7.46. The minimum atomic E-state index is -0.257. The number of nitrogens with one attached hydrogen (secondary N) is 1. The van der Waals surface area contributed by atoms with Gasteiger partial charge in [0.25, 0.3) is 5.56 Å². The molecule has 1 fully saturated rings. The van der Waals surface area contributed by atoms with E-state index in [4.69, 9.17) is 17.3 Å². The molecule has 30 heavy (non-hydrogen) atoms. The molecule has 7 nitrogen and oxygen atoms in total. The van der Waals surface area contributed by atoms with E-state index in [1.165, 1.54) is 6.07 Å². The number of carbonyl (C=O) groups excluding carboxylic acids is 1. The maximum absolute atomic E-state index is 12.2. The van der Waals surface area contributed by atoms with Crippen molar-refractivity contribution in [2.75, 3.05) is 5.32 Å². The molecule has 0 spiro atoms. The Balaban J connectivity index is 1.61. The van der Waals surface area contributed by atoms with Gasteiger partial charge in [-0.25, -0.2) is 9.97 Å². The Labute approximate surface area is 178 Å². The number of anilines is 1. The van der Waals surface area contributed by atoms with Crippen molar-refractivity contribution >= 4 is 23.5 Å². The lowest BCUT2D eigenvalue weighted by molar-refractivity contribution is -0.122. The van der Waals surface area contributed by atoms with Crippen LogP contribution in [-0.4, -0.2) is 26.5 Å². The maximum atomic E-state index is 12.2. The van der Waals surface area contributed by atoms with Gasteiger partial charge in [0.2, 0.25) is 11.9 Å². The minimum Gasteiger partial charge on any atom is -0.369 e. The van der Waals surface area contributed by atoms with Gasteiger partial charge in [-0.3, -0.25) is 14.2 Å². The van der Waals surface area contributed by atoms with Crippen LogP contribution in [0.2, 0.25) is 5.02 Å². The van der Waals surface area contributed by atoms with Crippen molar-refractivity contribution in [1.29, 1.82) is 0 Å². The monoisotopic (exact) mass is 423 g/mol. The molecule has 2 atom stereocenters.